The molecule has 0 saturated carbocycles. The quantitative estimate of drug-likeness (QED) is 0.419. The number of benzene rings is 1. The number of anilines is 2. The maximum Gasteiger partial charge on any atom is 0.254 e. The van der Waals surface area contributed by atoms with Crippen molar-refractivity contribution in [3.8, 4) is 0 Å². The van der Waals surface area contributed by atoms with Crippen molar-refractivity contribution in [1.29, 1.82) is 0 Å². The van der Waals surface area contributed by atoms with Gasteiger partial charge in [-0.15, -0.1) is 11.3 Å². The number of ketones is 1. The minimum atomic E-state index is -0.571. The third kappa shape index (κ3) is 5.01. The predicted molar refractivity (Wildman–Crippen MR) is 112 cm³/mol. The first-order valence-corrected chi connectivity index (χ1v) is 9.82. The molecule has 1 aromatic heterocycles. The van der Waals surface area contributed by atoms with E-state index in [1.54, 1.807) is 32.9 Å². The fraction of sp³-hybridized carbons (Fsp3) is 0.333. The fourth-order valence-electron chi connectivity index (χ4n) is 2.32. The van der Waals surface area contributed by atoms with Crippen molar-refractivity contribution >= 4 is 56.3 Å². The van der Waals surface area contributed by atoms with Crippen molar-refractivity contribution in [2.24, 2.45) is 5.73 Å². The van der Waals surface area contributed by atoms with Crippen molar-refractivity contribution in [3.63, 3.8) is 0 Å². The molecule has 1 heterocycles. The van der Waals surface area contributed by atoms with Gasteiger partial charge in [0.05, 0.1) is 16.1 Å². The summed E-state index contributed by atoms with van der Waals surface area (Å²) in [6.45, 7) is 7.03. The molecule has 0 radical (unpaired) electrons. The standard InChI is InChI=1S/C18H21FIN3O2S/c1-9-14(16(25)22-8-18(3,4)21)17(26-15(9)10(2)24)23-13-6-5-11(20)7-12(13)19/h5-7,23H,8,21H2,1-4H3,(H,22,25). The van der Waals surface area contributed by atoms with Crippen LogP contribution in [0.5, 0.6) is 0 Å². The van der Waals surface area contributed by atoms with Crippen LogP contribution in [0.15, 0.2) is 18.2 Å². The average Bonchev–Trinajstić information content (AvgIpc) is 2.84. The van der Waals surface area contributed by atoms with Crippen LogP contribution in [-0.2, 0) is 0 Å². The van der Waals surface area contributed by atoms with E-state index < -0.39 is 11.4 Å². The van der Waals surface area contributed by atoms with E-state index in [0.717, 1.165) is 14.9 Å². The van der Waals surface area contributed by atoms with Gasteiger partial charge in [0.2, 0.25) is 0 Å². The van der Waals surface area contributed by atoms with Gasteiger partial charge in [0.25, 0.3) is 5.91 Å². The van der Waals surface area contributed by atoms with Gasteiger partial charge in [0, 0.05) is 15.7 Å². The zero-order valence-electron chi connectivity index (χ0n) is 15.0. The van der Waals surface area contributed by atoms with Crippen LogP contribution in [-0.4, -0.2) is 23.8 Å². The number of rotatable bonds is 6. The normalized spacial score (nSPS) is 11.3. The lowest BCUT2D eigenvalue weighted by atomic mass is 10.1. The number of thiophene rings is 1. The Bertz CT molecular complexity index is 859. The Balaban J connectivity index is 2.42. The molecule has 5 nitrogen and oxygen atoms in total. The average molecular weight is 489 g/mol. The fourth-order valence-corrected chi connectivity index (χ4v) is 3.89. The SMILES string of the molecule is CC(=O)c1sc(Nc2ccc(I)cc2F)c(C(=O)NCC(C)(C)N)c1C. The molecular formula is C18H21FIN3O2S. The van der Waals surface area contributed by atoms with Crippen molar-refractivity contribution in [2.45, 2.75) is 33.2 Å². The largest absolute Gasteiger partial charge is 0.350 e. The van der Waals surface area contributed by atoms with Crippen LogP contribution in [0, 0.1) is 16.3 Å². The number of hydrogen-bond donors (Lipinski definition) is 3. The van der Waals surface area contributed by atoms with Crippen molar-refractivity contribution in [3.05, 3.63) is 43.6 Å². The van der Waals surface area contributed by atoms with E-state index in [1.165, 1.54) is 13.0 Å². The number of carbonyl (C=O) groups excluding carboxylic acids is 2. The summed E-state index contributed by atoms with van der Waals surface area (Å²) in [5.41, 5.74) is 6.50. The lowest BCUT2D eigenvalue weighted by Crippen LogP contribution is -2.45. The van der Waals surface area contributed by atoms with E-state index >= 15 is 0 Å². The highest BCUT2D eigenvalue weighted by Gasteiger charge is 2.24. The summed E-state index contributed by atoms with van der Waals surface area (Å²) in [5.74, 6) is -0.920. The number of nitrogens with two attached hydrogens (primary N) is 1. The summed E-state index contributed by atoms with van der Waals surface area (Å²) >= 11 is 3.16. The zero-order chi connectivity index (χ0) is 19.6. The maximum absolute atomic E-state index is 14.2. The van der Waals surface area contributed by atoms with E-state index in [4.69, 9.17) is 5.73 Å². The molecule has 26 heavy (non-hydrogen) atoms. The number of amides is 1. The third-order valence-electron chi connectivity index (χ3n) is 3.58. The molecule has 2 rings (SSSR count). The van der Waals surface area contributed by atoms with E-state index in [0.29, 0.717) is 21.0 Å². The van der Waals surface area contributed by atoms with Gasteiger partial charge in [-0.1, -0.05) is 0 Å². The predicted octanol–water partition coefficient (Wildman–Crippen LogP) is 4.21. The van der Waals surface area contributed by atoms with Crippen molar-refractivity contribution < 1.29 is 14.0 Å². The van der Waals surface area contributed by atoms with Crippen LogP contribution in [0.1, 0.15) is 46.4 Å². The van der Waals surface area contributed by atoms with E-state index in [9.17, 15) is 14.0 Å². The van der Waals surface area contributed by atoms with Gasteiger partial charge in [-0.05, 0) is 74.0 Å². The van der Waals surface area contributed by atoms with Crippen LogP contribution in [0.2, 0.25) is 0 Å². The van der Waals surface area contributed by atoms with Gasteiger partial charge >= 0.3 is 0 Å². The highest BCUT2D eigenvalue weighted by atomic mass is 127. The number of hydrogen-bond acceptors (Lipinski definition) is 5. The number of nitrogens with one attached hydrogen (secondary N) is 2. The molecule has 0 aliphatic rings. The van der Waals surface area contributed by atoms with Gasteiger partial charge < -0.3 is 16.4 Å². The molecule has 0 saturated heterocycles. The second-order valence-corrected chi connectivity index (χ2v) is 9.00. The second kappa shape index (κ2) is 8.01. The topological polar surface area (TPSA) is 84.2 Å². The first-order chi connectivity index (χ1) is 12.0. The van der Waals surface area contributed by atoms with Gasteiger partial charge in [-0.3, -0.25) is 9.59 Å². The highest BCUT2D eigenvalue weighted by Crippen LogP contribution is 2.36. The Morgan fingerprint density at radius 3 is 2.54 bits per heavy atom. The van der Waals surface area contributed by atoms with Crippen LogP contribution >= 0.6 is 33.9 Å². The molecule has 0 bridgehead atoms. The molecular weight excluding hydrogens is 468 g/mol. The minimum absolute atomic E-state index is 0.142. The Hall–Kier alpha value is -1.52. The lowest BCUT2D eigenvalue weighted by Gasteiger charge is -2.19. The molecule has 0 aliphatic heterocycles. The molecule has 1 amide bonds. The van der Waals surface area contributed by atoms with E-state index in [1.807, 2.05) is 22.6 Å². The van der Waals surface area contributed by atoms with Crippen LogP contribution < -0.4 is 16.4 Å². The summed E-state index contributed by atoms with van der Waals surface area (Å²) < 4.78 is 15.0. The molecule has 0 spiro atoms. The first-order valence-electron chi connectivity index (χ1n) is 7.93. The Morgan fingerprint density at radius 2 is 2.00 bits per heavy atom. The summed E-state index contributed by atoms with van der Waals surface area (Å²) in [6, 6.07) is 4.76. The lowest BCUT2D eigenvalue weighted by molar-refractivity contribution is 0.0946. The van der Waals surface area contributed by atoms with Crippen molar-refractivity contribution in [2.75, 3.05) is 11.9 Å². The maximum atomic E-state index is 14.2. The summed E-state index contributed by atoms with van der Waals surface area (Å²) in [7, 11) is 0. The Kier molecular flexibility index (Phi) is 6.41. The van der Waals surface area contributed by atoms with E-state index in [-0.39, 0.29) is 23.9 Å². The molecule has 4 N–H and O–H groups in total. The van der Waals surface area contributed by atoms with Crippen LogP contribution in [0.3, 0.4) is 0 Å². The second-order valence-electron chi connectivity index (χ2n) is 6.74. The van der Waals surface area contributed by atoms with Crippen molar-refractivity contribution in [1.82, 2.24) is 5.32 Å². The molecule has 8 heteroatoms. The third-order valence-corrected chi connectivity index (χ3v) is 5.56. The van der Waals surface area contributed by atoms with Gasteiger partial charge in [0.1, 0.15) is 10.8 Å². The van der Waals surface area contributed by atoms with E-state index in [2.05, 4.69) is 10.6 Å². The van der Waals surface area contributed by atoms with Gasteiger partial charge in [-0.2, -0.15) is 0 Å². The number of Topliss-reactive ketones (excluding diaryl/α,β-unsaturated/α-hetero) is 1. The smallest absolute Gasteiger partial charge is 0.254 e. The molecule has 0 unspecified atom stereocenters. The monoisotopic (exact) mass is 489 g/mol. The molecule has 0 aliphatic carbocycles. The summed E-state index contributed by atoms with van der Waals surface area (Å²) in [4.78, 5) is 25.1. The van der Waals surface area contributed by atoms with Gasteiger partial charge in [0.15, 0.2) is 5.78 Å². The number of carbonyl (C=O) groups is 2. The Labute approximate surface area is 169 Å². The highest BCUT2D eigenvalue weighted by molar-refractivity contribution is 14.1. The summed E-state index contributed by atoms with van der Waals surface area (Å²) in [6.07, 6.45) is 0. The first kappa shape index (κ1) is 20.8. The molecule has 0 fully saturated rings. The zero-order valence-corrected chi connectivity index (χ0v) is 18.0. The minimum Gasteiger partial charge on any atom is -0.350 e. The van der Waals surface area contributed by atoms with Crippen LogP contribution in [0.4, 0.5) is 15.1 Å². The molecule has 0 atom stereocenters. The molecule has 140 valence electrons. The number of halogens is 2. The molecule has 1 aromatic carbocycles. The van der Waals surface area contributed by atoms with Gasteiger partial charge in [-0.25, -0.2) is 4.39 Å². The summed E-state index contributed by atoms with van der Waals surface area (Å²) in [5, 5.41) is 6.17. The molecule has 2 aromatic rings. The van der Waals surface area contributed by atoms with Crippen LogP contribution in [0.25, 0.3) is 0 Å². The Morgan fingerprint density at radius 1 is 1.35 bits per heavy atom.